The summed E-state index contributed by atoms with van der Waals surface area (Å²) in [4.78, 5) is 8.74. The number of hydrogen-bond donors (Lipinski definition) is 2. The summed E-state index contributed by atoms with van der Waals surface area (Å²) < 4.78 is 5.45. The molecule has 0 saturated carbocycles. The van der Waals surface area contributed by atoms with Crippen LogP contribution >= 0.6 is 0 Å². The second kappa shape index (κ2) is 7.56. The molecule has 0 aliphatic heterocycles. The average molecular weight is 371 g/mol. The van der Waals surface area contributed by atoms with E-state index in [0.29, 0.717) is 11.3 Å². The highest BCUT2D eigenvalue weighted by molar-refractivity contribution is 5.86. The van der Waals surface area contributed by atoms with E-state index in [-0.39, 0.29) is 11.8 Å². The number of benzene rings is 2. The largest absolute Gasteiger partial charge is 0.505 e. The second-order valence-electron chi connectivity index (χ2n) is 6.65. The summed E-state index contributed by atoms with van der Waals surface area (Å²) in [6.45, 7) is 2.02. The Morgan fingerprint density at radius 2 is 1.82 bits per heavy atom. The van der Waals surface area contributed by atoms with Gasteiger partial charge in [0.25, 0.3) is 0 Å². The van der Waals surface area contributed by atoms with Crippen LogP contribution in [0.5, 0.6) is 11.5 Å². The number of fused-ring (bicyclic) bond motifs is 1. The van der Waals surface area contributed by atoms with Crippen LogP contribution in [0, 0.1) is 6.92 Å². The maximum Gasteiger partial charge on any atom is 0.147 e. The van der Waals surface area contributed by atoms with E-state index >= 15 is 0 Å². The van der Waals surface area contributed by atoms with Gasteiger partial charge in [0.15, 0.2) is 0 Å². The first kappa shape index (κ1) is 17.8. The van der Waals surface area contributed by atoms with Crippen molar-refractivity contribution in [3.8, 4) is 11.5 Å². The van der Waals surface area contributed by atoms with Crippen LogP contribution in [-0.4, -0.2) is 22.2 Å². The number of phenols is 1. The fourth-order valence-corrected chi connectivity index (χ4v) is 3.38. The molecule has 28 heavy (non-hydrogen) atoms. The van der Waals surface area contributed by atoms with Crippen molar-refractivity contribution < 1.29 is 9.84 Å². The van der Waals surface area contributed by atoms with Gasteiger partial charge in [0.1, 0.15) is 22.8 Å². The van der Waals surface area contributed by atoms with Gasteiger partial charge < -0.3 is 15.2 Å². The monoisotopic (exact) mass is 371 g/mol. The molecule has 0 fully saturated rings. The van der Waals surface area contributed by atoms with E-state index in [0.717, 1.165) is 27.8 Å². The molecule has 1 atom stereocenters. The van der Waals surface area contributed by atoms with E-state index < -0.39 is 0 Å². The lowest BCUT2D eigenvalue weighted by Gasteiger charge is -2.23. The summed E-state index contributed by atoms with van der Waals surface area (Å²) >= 11 is 0. The Morgan fingerprint density at radius 3 is 2.61 bits per heavy atom. The first-order valence-corrected chi connectivity index (χ1v) is 9.05. The molecule has 2 aromatic carbocycles. The zero-order valence-corrected chi connectivity index (χ0v) is 15.8. The smallest absolute Gasteiger partial charge is 0.147 e. The predicted octanol–water partition coefficient (Wildman–Crippen LogP) is 4.85. The van der Waals surface area contributed by atoms with Crippen molar-refractivity contribution in [1.29, 1.82) is 0 Å². The highest BCUT2D eigenvalue weighted by Crippen LogP contribution is 2.37. The van der Waals surface area contributed by atoms with Gasteiger partial charge in [-0.05, 0) is 48.4 Å². The van der Waals surface area contributed by atoms with Gasteiger partial charge in [0, 0.05) is 23.3 Å². The molecule has 2 heterocycles. The van der Waals surface area contributed by atoms with E-state index in [4.69, 9.17) is 4.74 Å². The lowest BCUT2D eigenvalue weighted by molar-refractivity contribution is 0.413. The van der Waals surface area contributed by atoms with Crippen LogP contribution in [0.25, 0.3) is 10.9 Å². The third-order valence-electron chi connectivity index (χ3n) is 4.69. The van der Waals surface area contributed by atoms with Crippen molar-refractivity contribution in [3.63, 3.8) is 0 Å². The lowest BCUT2D eigenvalue weighted by Crippen LogP contribution is -2.14. The molecule has 0 saturated heterocycles. The van der Waals surface area contributed by atoms with E-state index in [2.05, 4.69) is 21.4 Å². The molecule has 5 nitrogen and oxygen atoms in total. The predicted molar refractivity (Wildman–Crippen MR) is 111 cm³/mol. The maximum absolute atomic E-state index is 11.0. The molecule has 0 spiro atoms. The third-order valence-corrected chi connectivity index (χ3v) is 4.69. The van der Waals surface area contributed by atoms with Crippen LogP contribution in [0.4, 0.5) is 5.82 Å². The Hall–Kier alpha value is -3.60. The van der Waals surface area contributed by atoms with E-state index in [1.165, 1.54) is 0 Å². The molecule has 140 valence electrons. The minimum atomic E-state index is -0.324. The Bertz CT molecular complexity index is 1110. The number of anilines is 1. The highest BCUT2D eigenvalue weighted by Gasteiger charge is 2.21. The number of pyridine rings is 2. The van der Waals surface area contributed by atoms with E-state index in [1.807, 2.05) is 61.5 Å². The number of aromatic nitrogens is 2. The van der Waals surface area contributed by atoms with Gasteiger partial charge >= 0.3 is 0 Å². The Labute approximate surface area is 163 Å². The number of aryl methyl sites for hydroxylation is 1. The number of methoxy groups -OCH3 is 1. The number of aromatic hydroxyl groups is 1. The van der Waals surface area contributed by atoms with Crippen LogP contribution in [0.15, 0.2) is 73.1 Å². The Balaban J connectivity index is 1.88. The summed E-state index contributed by atoms with van der Waals surface area (Å²) in [5, 5.41) is 15.3. The fourth-order valence-electron chi connectivity index (χ4n) is 3.38. The second-order valence-corrected chi connectivity index (χ2v) is 6.65. The first-order valence-electron chi connectivity index (χ1n) is 9.05. The zero-order chi connectivity index (χ0) is 19.5. The van der Waals surface area contributed by atoms with Gasteiger partial charge in [-0.2, -0.15) is 0 Å². The first-order chi connectivity index (χ1) is 13.7. The van der Waals surface area contributed by atoms with Gasteiger partial charge in [0.2, 0.25) is 0 Å². The van der Waals surface area contributed by atoms with Crippen molar-refractivity contribution in [2.24, 2.45) is 0 Å². The normalized spacial score (nSPS) is 11.9. The number of nitrogens with zero attached hydrogens (tertiary/aromatic N) is 2. The molecule has 0 bridgehead atoms. The van der Waals surface area contributed by atoms with Crippen LogP contribution in [0.2, 0.25) is 0 Å². The fraction of sp³-hybridized carbons (Fsp3) is 0.130. The summed E-state index contributed by atoms with van der Waals surface area (Å²) in [6.07, 6.45) is 3.42. The van der Waals surface area contributed by atoms with Crippen LogP contribution in [0.3, 0.4) is 0 Å². The van der Waals surface area contributed by atoms with Gasteiger partial charge in [-0.25, -0.2) is 4.98 Å². The SMILES string of the molecule is COc1cc(C)cc(C(Nc2ccccn2)c2ccc3cccnc3c2O)c1. The number of rotatable bonds is 5. The Morgan fingerprint density at radius 1 is 0.964 bits per heavy atom. The van der Waals surface area contributed by atoms with Crippen LogP contribution in [0.1, 0.15) is 22.7 Å². The lowest BCUT2D eigenvalue weighted by atomic mass is 9.95. The highest BCUT2D eigenvalue weighted by atomic mass is 16.5. The molecule has 4 rings (SSSR count). The van der Waals surface area contributed by atoms with Gasteiger partial charge in [-0.15, -0.1) is 0 Å². The molecule has 2 aromatic heterocycles. The molecule has 0 aliphatic carbocycles. The summed E-state index contributed by atoms with van der Waals surface area (Å²) in [5.41, 5.74) is 3.34. The summed E-state index contributed by atoms with van der Waals surface area (Å²) in [5.74, 6) is 1.64. The average Bonchev–Trinajstić information content (AvgIpc) is 2.73. The number of ether oxygens (including phenoxy) is 1. The number of nitrogens with one attached hydrogen (secondary N) is 1. The van der Waals surface area contributed by atoms with Crippen LogP contribution < -0.4 is 10.1 Å². The molecule has 0 aliphatic rings. The van der Waals surface area contributed by atoms with Crippen molar-refractivity contribution in [3.05, 3.63) is 89.7 Å². The summed E-state index contributed by atoms with van der Waals surface area (Å²) in [7, 11) is 1.65. The topological polar surface area (TPSA) is 67.3 Å². The molecule has 0 amide bonds. The van der Waals surface area contributed by atoms with Crippen LogP contribution in [-0.2, 0) is 0 Å². The minimum Gasteiger partial charge on any atom is -0.505 e. The van der Waals surface area contributed by atoms with Gasteiger partial charge in [-0.1, -0.05) is 30.3 Å². The molecule has 2 N–H and O–H groups in total. The van der Waals surface area contributed by atoms with Crippen molar-refractivity contribution in [2.45, 2.75) is 13.0 Å². The molecule has 0 radical (unpaired) electrons. The number of hydrogen-bond acceptors (Lipinski definition) is 5. The molecule has 4 aromatic rings. The quantitative estimate of drug-likeness (QED) is 0.525. The van der Waals surface area contributed by atoms with Crippen molar-refractivity contribution in [2.75, 3.05) is 12.4 Å². The number of phenolic OH excluding ortho intramolecular Hbond substituents is 1. The summed E-state index contributed by atoms with van der Waals surface area (Å²) in [6, 6.07) is 19.1. The molecule has 1 unspecified atom stereocenters. The van der Waals surface area contributed by atoms with E-state index in [9.17, 15) is 5.11 Å². The van der Waals surface area contributed by atoms with Gasteiger partial charge in [0.05, 0.1) is 13.2 Å². The molecular weight excluding hydrogens is 350 g/mol. The Kier molecular flexibility index (Phi) is 4.81. The zero-order valence-electron chi connectivity index (χ0n) is 15.8. The molecule has 5 heteroatoms. The molecular formula is C23H21N3O2. The maximum atomic E-state index is 11.0. The standard InChI is InChI=1S/C23H21N3O2/c1-15-12-17(14-18(13-15)28-2)21(26-20-7-3-4-10-24-20)19-9-8-16-6-5-11-25-22(16)23(19)27/h3-14,21,27H,1-2H3,(H,24,26). The van der Waals surface area contributed by atoms with Gasteiger partial charge in [-0.3, -0.25) is 4.98 Å². The minimum absolute atomic E-state index is 0.159. The van der Waals surface area contributed by atoms with Crippen molar-refractivity contribution in [1.82, 2.24) is 9.97 Å². The van der Waals surface area contributed by atoms with E-state index in [1.54, 1.807) is 19.5 Å². The third kappa shape index (κ3) is 3.47. The van der Waals surface area contributed by atoms with Crippen molar-refractivity contribution >= 4 is 16.7 Å².